The highest BCUT2D eigenvalue weighted by Gasteiger charge is 2.43. The number of likely N-dealkylation sites (tertiary alicyclic amines) is 1. The van der Waals surface area contributed by atoms with Gasteiger partial charge in [-0.15, -0.1) is 0 Å². The molecule has 0 aromatic heterocycles. The topological polar surface area (TPSA) is 125 Å². The van der Waals surface area contributed by atoms with Crippen LogP contribution in [0.4, 0.5) is 4.79 Å². The quantitative estimate of drug-likeness (QED) is 0.575. The van der Waals surface area contributed by atoms with Crippen molar-refractivity contribution in [1.29, 1.82) is 0 Å². The van der Waals surface area contributed by atoms with E-state index in [9.17, 15) is 24.6 Å². The van der Waals surface area contributed by atoms with Crippen LogP contribution >= 0.6 is 0 Å². The van der Waals surface area contributed by atoms with Crippen molar-refractivity contribution in [1.82, 2.24) is 10.2 Å². The SMILES string of the molecule is CCOC(=O)[C@@H]1CCC(O)N1C(=O)[C@H](CCO)NC(=O)OC(C)(C)C. The maximum absolute atomic E-state index is 12.7. The summed E-state index contributed by atoms with van der Waals surface area (Å²) in [5.41, 5.74) is -0.752. The van der Waals surface area contributed by atoms with E-state index in [-0.39, 0.29) is 32.5 Å². The molecule has 0 aromatic carbocycles. The van der Waals surface area contributed by atoms with Crippen LogP contribution in [0.25, 0.3) is 0 Å². The number of esters is 1. The van der Waals surface area contributed by atoms with E-state index >= 15 is 0 Å². The number of amides is 2. The van der Waals surface area contributed by atoms with Crippen LogP contribution in [0.15, 0.2) is 0 Å². The number of ether oxygens (including phenoxy) is 2. The molecule has 0 saturated carbocycles. The summed E-state index contributed by atoms with van der Waals surface area (Å²) in [6.45, 7) is 6.47. The van der Waals surface area contributed by atoms with Gasteiger partial charge in [0.15, 0.2) is 0 Å². The van der Waals surface area contributed by atoms with Gasteiger partial charge >= 0.3 is 12.1 Å². The minimum atomic E-state index is -1.15. The molecule has 3 atom stereocenters. The molecule has 1 saturated heterocycles. The molecule has 1 rings (SSSR count). The minimum Gasteiger partial charge on any atom is -0.464 e. The lowest BCUT2D eigenvalue weighted by atomic mass is 10.1. The largest absolute Gasteiger partial charge is 0.464 e. The molecule has 9 nitrogen and oxygen atoms in total. The lowest BCUT2D eigenvalue weighted by molar-refractivity contribution is -0.159. The normalized spacial score (nSPS) is 21.6. The molecule has 25 heavy (non-hydrogen) atoms. The number of hydrogen-bond donors (Lipinski definition) is 3. The third-order valence-corrected chi connectivity index (χ3v) is 3.58. The molecular formula is C16H28N2O7. The molecule has 0 bridgehead atoms. The fraction of sp³-hybridized carbons (Fsp3) is 0.812. The lowest BCUT2D eigenvalue weighted by Gasteiger charge is -2.30. The number of carbonyl (C=O) groups is 3. The number of nitrogens with zero attached hydrogens (tertiary/aromatic N) is 1. The van der Waals surface area contributed by atoms with E-state index in [0.717, 1.165) is 4.90 Å². The Kier molecular flexibility index (Phi) is 7.62. The molecule has 0 aliphatic carbocycles. The number of hydrogen-bond acceptors (Lipinski definition) is 7. The average molecular weight is 360 g/mol. The van der Waals surface area contributed by atoms with Crippen LogP contribution in [0.2, 0.25) is 0 Å². The standard InChI is InChI=1S/C16H28N2O7/c1-5-24-14(22)11-6-7-12(20)18(11)13(21)10(8-9-19)17-15(23)25-16(2,3)4/h10-12,19-20H,5-9H2,1-4H3,(H,17,23)/t10-,11-,12?/m0/s1. The summed E-state index contributed by atoms with van der Waals surface area (Å²) in [4.78, 5) is 37.7. The number of nitrogens with one attached hydrogen (secondary N) is 1. The first kappa shape index (κ1) is 21.2. The molecule has 2 amide bonds. The van der Waals surface area contributed by atoms with Crippen molar-refractivity contribution in [3.63, 3.8) is 0 Å². The fourth-order valence-electron chi connectivity index (χ4n) is 2.58. The van der Waals surface area contributed by atoms with Gasteiger partial charge in [0.25, 0.3) is 0 Å². The predicted octanol–water partition coefficient (Wildman–Crippen LogP) is 0.135. The van der Waals surface area contributed by atoms with E-state index in [1.165, 1.54) is 0 Å². The Hall–Kier alpha value is -1.87. The van der Waals surface area contributed by atoms with E-state index in [0.29, 0.717) is 0 Å². The van der Waals surface area contributed by atoms with Gasteiger partial charge in [0.2, 0.25) is 5.91 Å². The summed E-state index contributed by atoms with van der Waals surface area (Å²) in [5.74, 6) is -1.27. The third-order valence-electron chi connectivity index (χ3n) is 3.58. The van der Waals surface area contributed by atoms with Gasteiger partial charge in [-0.1, -0.05) is 0 Å². The maximum atomic E-state index is 12.7. The Labute approximate surface area is 147 Å². The first-order valence-corrected chi connectivity index (χ1v) is 8.38. The fourth-order valence-corrected chi connectivity index (χ4v) is 2.58. The Morgan fingerprint density at radius 3 is 2.44 bits per heavy atom. The van der Waals surface area contributed by atoms with E-state index < -0.39 is 41.9 Å². The van der Waals surface area contributed by atoms with Crippen molar-refractivity contribution in [2.24, 2.45) is 0 Å². The lowest BCUT2D eigenvalue weighted by Crippen LogP contribution is -2.55. The molecular weight excluding hydrogens is 332 g/mol. The van der Waals surface area contributed by atoms with E-state index in [1.807, 2.05) is 0 Å². The second-order valence-corrected chi connectivity index (χ2v) is 6.78. The number of rotatable bonds is 6. The highest BCUT2D eigenvalue weighted by Crippen LogP contribution is 2.25. The van der Waals surface area contributed by atoms with Crippen LogP contribution < -0.4 is 5.32 Å². The number of alkyl carbamates (subject to hydrolysis) is 1. The number of aliphatic hydroxyl groups excluding tert-OH is 2. The highest BCUT2D eigenvalue weighted by molar-refractivity contribution is 5.90. The molecule has 1 aliphatic rings. The molecule has 144 valence electrons. The zero-order valence-electron chi connectivity index (χ0n) is 15.2. The van der Waals surface area contributed by atoms with Crippen molar-refractivity contribution >= 4 is 18.0 Å². The molecule has 1 fully saturated rings. The Morgan fingerprint density at radius 2 is 1.92 bits per heavy atom. The summed E-state index contributed by atoms with van der Waals surface area (Å²) < 4.78 is 10.0. The van der Waals surface area contributed by atoms with Crippen LogP contribution in [-0.4, -0.2) is 70.2 Å². The Bertz CT molecular complexity index is 489. The van der Waals surface area contributed by atoms with Crippen molar-refractivity contribution in [3.8, 4) is 0 Å². The van der Waals surface area contributed by atoms with Gasteiger partial charge in [-0.2, -0.15) is 0 Å². The van der Waals surface area contributed by atoms with Crippen LogP contribution in [0.1, 0.15) is 47.0 Å². The number of carbonyl (C=O) groups excluding carboxylic acids is 3. The molecule has 9 heteroatoms. The third kappa shape index (κ3) is 6.17. The van der Waals surface area contributed by atoms with Crippen molar-refractivity contribution < 1.29 is 34.1 Å². The van der Waals surface area contributed by atoms with Gasteiger partial charge in [-0.3, -0.25) is 4.79 Å². The van der Waals surface area contributed by atoms with Crippen LogP contribution in [0.3, 0.4) is 0 Å². The van der Waals surface area contributed by atoms with Crippen LogP contribution in [-0.2, 0) is 19.1 Å². The molecule has 0 radical (unpaired) electrons. The summed E-state index contributed by atoms with van der Waals surface area (Å²) >= 11 is 0. The highest BCUT2D eigenvalue weighted by atomic mass is 16.6. The van der Waals surface area contributed by atoms with Crippen LogP contribution in [0, 0.1) is 0 Å². The van der Waals surface area contributed by atoms with Crippen molar-refractivity contribution in [2.75, 3.05) is 13.2 Å². The van der Waals surface area contributed by atoms with Crippen molar-refractivity contribution in [3.05, 3.63) is 0 Å². The second kappa shape index (κ2) is 9.00. The molecule has 1 aliphatic heterocycles. The molecule has 1 heterocycles. The van der Waals surface area contributed by atoms with Gasteiger partial charge in [0.1, 0.15) is 23.9 Å². The molecule has 0 aromatic rings. The van der Waals surface area contributed by atoms with Crippen LogP contribution in [0.5, 0.6) is 0 Å². The number of aliphatic hydroxyl groups is 2. The Morgan fingerprint density at radius 1 is 1.28 bits per heavy atom. The summed E-state index contributed by atoms with van der Waals surface area (Å²) in [6.07, 6.45) is -1.54. The monoisotopic (exact) mass is 360 g/mol. The zero-order chi connectivity index (χ0) is 19.2. The van der Waals surface area contributed by atoms with Gasteiger partial charge in [-0.05, 0) is 47.0 Å². The van der Waals surface area contributed by atoms with Gasteiger partial charge in [0.05, 0.1) is 6.61 Å². The average Bonchev–Trinajstić information content (AvgIpc) is 2.86. The van der Waals surface area contributed by atoms with E-state index in [2.05, 4.69) is 5.32 Å². The summed E-state index contributed by atoms with van der Waals surface area (Å²) in [5, 5.41) is 21.6. The van der Waals surface area contributed by atoms with Gasteiger partial charge in [-0.25, -0.2) is 9.59 Å². The molecule has 0 spiro atoms. The second-order valence-electron chi connectivity index (χ2n) is 6.78. The van der Waals surface area contributed by atoms with Gasteiger partial charge < -0.3 is 29.9 Å². The van der Waals surface area contributed by atoms with E-state index in [1.54, 1.807) is 27.7 Å². The summed E-state index contributed by atoms with van der Waals surface area (Å²) in [6, 6.07) is -2.03. The molecule has 3 N–H and O–H groups in total. The minimum absolute atomic E-state index is 0.0726. The predicted molar refractivity (Wildman–Crippen MR) is 87.4 cm³/mol. The molecule has 1 unspecified atom stereocenters. The summed E-state index contributed by atoms with van der Waals surface area (Å²) in [7, 11) is 0. The van der Waals surface area contributed by atoms with Crippen molar-refractivity contribution in [2.45, 2.75) is 70.9 Å². The first-order valence-electron chi connectivity index (χ1n) is 8.38. The van der Waals surface area contributed by atoms with Gasteiger partial charge in [0, 0.05) is 6.61 Å². The smallest absolute Gasteiger partial charge is 0.408 e. The first-order chi connectivity index (χ1) is 11.6. The van der Waals surface area contributed by atoms with E-state index in [4.69, 9.17) is 9.47 Å². The Balaban J connectivity index is 2.88. The maximum Gasteiger partial charge on any atom is 0.408 e. The zero-order valence-corrected chi connectivity index (χ0v) is 15.2.